The lowest BCUT2D eigenvalue weighted by Crippen LogP contribution is -2.42. The van der Waals surface area contributed by atoms with Crippen molar-refractivity contribution in [2.24, 2.45) is 4.99 Å². The van der Waals surface area contributed by atoms with E-state index >= 15 is 0 Å². The second-order valence-electron chi connectivity index (χ2n) is 6.29. The van der Waals surface area contributed by atoms with E-state index in [-0.39, 0.29) is 24.0 Å². The third-order valence-electron chi connectivity index (χ3n) is 4.54. The van der Waals surface area contributed by atoms with E-state index in [1.54, 1.807) is 21.3 Å². The summed E-state index contributed by atoms with van der Waals surface area (Å²) in [5, 5.41) is 6.82. The van der Waals surface area contributed by atoms with Crippen molar-refractivity contribution in [3.8, 4) is 11.5 Å². The molecule has 0 fully saturated rings. The van der Waals surface area contributed by atoms with E-state index in [1.807, 2.05) is 18.2 Å². The summed E-state index contributed by atoms with van der Waals surface area (Å²) < 4.78 is 10.8. The first-order valence-electron chi connectivity index (χ1n) is 9.48. The summed E-state index contributed by atoms with van der Waals surface area (Å²) in [6.07, 6.45) is 2.29. The quantitative estimate of drug-likeness (QED) is 0.282. The predicted octanol–water partition coefficient (Wildman–Crippen LogP) is 3.50. The van der Waals surface area contributed by atoms with Crippen LogP contribution in [0.5, 0.6) is 11.5 Å². The molecule has 27 heavy (non-hydrogen) atoms. The maximum Gasteiger partial charge on any atom is 0.191 e. The summed E-state index contributed by atoms with van der Waals surface area (Å²) in [5.74, 6) is 2.29. The molecule has 0 heterocycles. The van der Waals surface area contributed by atoms with E-state index in [2.05, 4.69) is 41.3 Å². The Labute approximate surface area is 182 Å². The average molecular weight is 492 g/mol. The summed E-state index contributed by atoms with van der Waals surface area (Å²) in [5.41, 5.74) is 1.03. The topological polar surface area (TPSA) is 58.1 Å². The minimum absolute atomic E-state index is 0. The van der Waals surface area contributed by atoms with Crippen LogP contribution in [0, 0.1) is 0 Å². The molecule has 156 valence electrons. The number of nitrogens with zero attached hydrogens (tertiary/aromatic N) is 2. The van der Waals surface area contributed by atoms with Crippen LogP contribution in [-0.4, -0.2) is 57.8 Å². The van der Waals surface area contributed by atoms with E-state index in [0.29, 0.717) is 12.6 Å². The Kier molecular flexibility index (Phi) is 14.1. The molecular formula is C20H37IN4O2. The number of halogens is 1. The highest BCUT2D eigenvalue weighted by molar-refractivity contribution is 14.0. The van der Waals surface area contributed by atoms with Crippen molar-refractivity contribution in [1.29, 1.82) is 0 Å². The number of aliphatic imine (C=N–C) groups is 1. The number of benzene rings is 1. The van der Waals surface area contributed by atoms with Gasteiger partial charge in [0.05, 0.1) is 14.2 Å². The molecule has 0 amide bonds. The van der Waals surface area contributed by atoms with E-state index in [0.717, 1.165) is 49.1 Å². The predicted molar refractivity (Wildman–Crippen MR) is 125 cm³/mol. The largest absolute Gasteiger partial charge is 0.493 e. The molecule has 1 rings (SSSR count). The van der Waals surface area contributed by atoms with E-state index in [4.69, 9.17) is 9.47 Å². The zero-order chi connectivity index (χ0) is 19.4. The lowest BCUT2D eigenvalue weighted by atomic mass is 10.1. The first-order valence-corrected chi connectivity index (χ1v) is 9.48. The number of para-hydroxylation sites is 1. The molecule has 0 spiro atoms. The molecule has 7 heteroatoms. The summed E-state index contributed by atoms with van der Waals surface area (Å²) in [7, 11) is 5.10. The minimum Gasteiger partial charge on any atom is -0.493 e. The molecule has 0 aromatic heterocycles. The molecule has 0 saturated heterocycles. The van der Waals surface area contributed by atoms with E-state index < -0.39 is 0 Å². The molecule has 0 saturated carbocycles. The number of nitrogens with one attached hydrogen (secondary N) is 2. The van der Waals surface area contributed by atoms with Gasteiger partial charge in [-0.15, -0.1) is 24.0 Å². The van der Waals surface area contributed by atoms with Gasteiger partial charge in [0.25, 0.3) is 0 Å². The fraction of sp³-hybridized carbons (Fsp3) is 0.650. The van der Waals surface area contributed by atoms with Gasteiger partial charge in [-0.25, -0.2) is 0 Å². The van der Waals surface area contributed by atoms with Crippen molar-refractivity contribution in [3.63, 3.8) is 0 Å². The van der Waals surface area contributed by atoms with Crippen molar-refractivity contribution >= 4 is 29.9 Å². The minimum atomic E-state index is 0. The van der Waals surface area contributed by atoms with Gasteiger partial charge in [-0.1, -0.05) is 26.0 Å². The first kappa shape index (κ1) is 25.8. The SMILES string of the molecule is CCN(CC)CCCC(C)NC(=NC)NCc1cccc(OC)c1OC.I. The molecule has 6 nitrogen and oxygen atoms in total. The van der Waals surface area contributed by atoms with Gasteiger partial charge in [0.2, 0.25) is 0 Å². The van der Waals surface area contributed by atoms with Crippen molar-refractivity contribution in [2.45, 2.75) is 46.2 Å². The number of hydrogen-bond acceptors (Lipinski definition) is 4. The Morgan fingerprint density at radius 1 is 1.19 bits per heavy atom. The zero-order valence-electron chi connectivity index (χ0n) is 17.7. The standard InChI is InChI=1S/C20H36N4O2.HI/c1-7-24(8-2)14-10-11-16(3)23-20(21-4)22-15-17-12-9-13-18(25-5)19(17)26-6;/h9,12-13,16H,7-8,10-11,14-15H2,1-6H3,(H2,21,22,23);1H. The van der Waals surface area contributed by atoms with Crippen LogP contribution in [0.2, 0.25) is 0 Å². The van der Waals surface area contributed by atoms with Gasteiger partial charge in [0.1, 0.15) is 0 Å². The van der Waals surface area contributed by atoms with Crippen LogP contribution in [0.25, 0.3) is 0 Å². The van der Waals surface area contributed by atoms with Crippen molar-refractivity contribution in [1.82, 2.24) is 15.5 Å². The van der Waals surface area contributed by atoms with Gasteiger partial charge < -0.3 is 25.0 Å². The first-order chi connectivity index (χ1) is 12.6. The Hall–Kier alpha value is -1.22. The van der Waals surface area contributed by atoms with Crippen LogP contribution in [0.1, 0.15) is 39.2 Å². The van der Waals surface area contributed by atoms with Gasteiger partial charge in [-0.3, -0.25) is 4.99 Å². The van der Waals surface area contributed by atoms with Crippen LogP contribution in [-0.2, 0) is 6.54 Å². The molecule has 0 aliphatic rings. The highest BCUT2D eigenvalue weighted by Crippen LogP contribution is 2.30. The third kappa shape index (κ3) is 9.01. The van der Waals surface area contributed by atoms with E-state index in [1.165, 1.54) is 6.42 Å². The van der Waals surface area contributed by atoms with Gasteiger partial charge >= 0.3 is 0 Å². The number of hydrogen-bond donors (Lipinski definition) is 2. The summed E-state index contributed by atoms with van der Waals surface area (Å²) in [6, 6.07) is 6.25. The Morgan fingerprint density at radius 3 is 2.44 bits per heavy atom. The van der Waals surface area contributed by atoms with Crippen molar-refractivity contribution < 1.29 is 9.47 Å². The Bertz CT molecular complexity index is 551. The number of guanidine groups is 1. The maximum atomic E-state index is 5.48. The lowest BCUT2D eigenvalue weighted by Gasteiger charge is -2.21. The maximum absolute atomic E-state index is 5.48. The summed E-state index contributed by atoms with van der Waals surface area (Å²) >= 11 is 0. The smallest absolute Gasteiger partial charge is 0.191 e. The molecule has 0 aliphatic heterocycles. The summed E-state index contributed by atoms with van der Waals surface area (Å²) in [6.45, 7) is 10.6. The van der Waals surface area contributed by atoms with Gasteiger partial charge in [0.15, 0.2) is 17.5 Å². The third-order valence-corrected chi connectivity index (χ3v) is 4.54. The lowest BCUT2D eigenvalue weighted by molar-refractivity contribution is 0.292. The monoisotopic (exact) mass is 492 g/mol. The van der Waals surface area contributed by atoms with Crippen molar-refractivity contribution in [3.05, 3.63) is 23.8 Å². The van der Waals surface area contributed by atoms with Gasteiger partial charge in [0, 0.05) is 25.2 Å². The fourth-order valence-corrected chi connectivity index (χ4v) is 2.93. The summed E-state index contributed by atoms with van der Waals surface area (Å²) in [4.78, 5) is 6.78. The molecule has 1 unspecified atom stereocenters. The molecule has 0 radical (unpaired) electrons. The molecule has 0 aliphatic carbocycles. The van der Waals surface area contributed by atoms with Crippen LogP contribution in [0.15, 0.2) is 23.2 Å². The molecule has 1 atom stereocenters. The Morgan fingerprint density at radius 2 is 1.89 bits per heavy atom. The molecular weight excluding hydrogens is 455 g/mol. The average Bonchev–Trinajstić information content (AvgIpc) is 2.67. The molecule has 2 N–H and O–H groups in total. The van der Waals surface area contributed by atoms with E-state index in [9.17, 15) is 0 Å². The van der Waals surface area contributed by atoms with Crippen LogP contribution >= 0.6 is 24.0 Å². The molecule has 0 bridgehead atoms. The van der Waals surface area contributed by atoms with Gasteiger partial charge in [-0.2, -0.15) is 0 Å². The second-order valence-corrected chi connectivity index (χ2v) is 6.29. The fourth-order valence-electron chi connectivity index (χ4n) is 2.93. The van der Waals surface area contributed by atoms with Crippen LogP contribution in [0.3, 0.4) is 0 Å². The van der Waals surface area contributed by atoms with Crippen molar-refractivity contribution in [2.75, 3.05) is 40.9 Å². The highest BCUT2D eigenvalue weighted by Gasteiger charge is 2.11. The van der Waals surface area contributed by atoms with Gasteiger partial charge in [-0.05, 0) is 45.5 Å². The normalized spacial score (nSPS) is 12.3. The van der Waals surface area contributed by atoms with Crippen LogP contribution < -0.4 is 20.1 Å². The number of rotatable bonds is 11. The number of methoxy groups -OCH3 is 2. The second kappa shape index (κ2) is 14.8. The molecule has 1 aromatic carbocycles. The highest BCUT2D eigenvalue weighted by atomic mass is 127. The number of ether oxygens (including phenoxy) is 2. The van der Waals surface area contributed by atoms with Crippen LogP contribution in [0.4, 0.5) is 0 Å². The zero-order valence-corrected chi connectivity index (χ0v) is 20.0. The Balaban J connectivity index is 0.00000676. The molecule has 1 aromatic rings.